The van der Waals surface area contributed by atoms with Gasteiger partial charge in [0, 0.05) is 25.2 Å². The van der Waals surface area contributed by atoms with Gasteiger partial charge < -0.3 is 15.2 Å². The molecule has 0 aliphatic rings. The van der Waals surface area contributed by atoms with Crippen LogP contribution in [0.4, 0.5) is 23.7 Å². The van der Waals surface area contributed by atoms with E-state index >= 15 is 0 Å². The van der Waals surface area contributed by atoms with E-state index in [0.29, 0.717) is 31.0 Å². The van der Waals surface area contributed by atoms with Crippen LogP contribution in [0.15, 0.2) is 29.4 Å². The van der Waals surface area contributed by atoms with Crippen molar-refractivity contribution >= 4 is 23.5 Å². The van der Waals surface area contributed by atoms with Crippen molar-refractivity contribution in [1.29, 1.82) is 0 Å². The number of hydrogen-bond donors (Lipinski definition) is 2. The largest absolute Gasteiger partial charge is 0.416 e. The lowest BCUT2D eigenvalue weighted by Gasteiger charge is -2.12. The Labute approximate surface area is 166 Å². The van der Waals surface area contributed by atoms with Gasteiger partial charge in [-0.1, -0.05) is 25.6 Å². The van der Waals surface area contributed by atoms with Gasteiger partial charge in [-0.15, -0.1) is 10.2 Å². The molecule has 0 fully saturated rings. The first-order valence-electron chi connectivity index (χ1n) is 8.89. The highest BCUT2D eigenvalue weighted by molar-refractivity contribution is 7.98. The quantitative estimate of drug-likeness (QED) is 0.494. The summed E-state index contributed by atoms with van der Waals surface area (Å²) < 4.78 is 39.7. The van der Waals surface area contributed by atoms with Crippen molar-refractivity contribution in [3.63, 3.8) is 0 Å². The normalized spacial score (nSPS) is 11.7. The van der Waals surface area contributed by atoms with Gasteiger partial charge in [-0.2, -0.15) is 13.2 Å². The molecule has 28 heavy (non-hydrogen) atoms. The molecule has 6 nitrogen and oxygen atoms in total. The molecule has 2 amide bonds. The van der Waals surface area contributed by atoms with Crippen molar-refractivity contribution in [2.45, 2.75) is 44.6 Å². The molecule has 1 aromatic carbocycles. The number of thioether (sulfide) groups is 1. The number of nitrogens with zero attached hydrogens (tertiary/aromatic N) is 3. The molecule has 0 aliphatic heterocycles. The molecule has 0 spiro atoms. The third-order valence-electron chi connectivity index (χ3n) is 3.86. The van der Waals surface area contributed by atoms with Crippen LogP contribution in [0.3, 0.4) is 0 Å². The number of carbonyl (C=O) groups excluding carboxylic acids is 1. The van der Waals surface area contributed by atoms with E-state index in [-0.39, 0.29) is 0 Å². The molecule has 0 unspecified atom stereocenters. The highest BCUT2D eigenvalue weighted by Gasteiger charge is 2.29. The van der Waals surface area contributed by atoms with Gasteiger partial charge in [0.1, 0.15) is 5.82 Å². The number of aryl methyl sites for hydroxylation is 1. The molecular weight excluding hydrogens is 391 g/mol. The molecule has 0 saturated heterocycles. The van der Waals surface area contributed by atoms with Crippen LogP contribution in [0.25, 0.3) is 0 Å². The summed E-state index contributed by atoms with van der Waals surface area (Å²) in [5.74, 6) is 1.34. The molecule has 10 heteroatoms. The summed E-state index contributed by atoms with van der Waals surface area (Å²) in [6.07, 6.45) is -1.10. The second kappa shape index (κ2) is 9.81. The van der Waals surface area contributed by atoms with E-state index in [4.69, 9.17) is 0 Å². The van der Waals surface area contributed by atoms with Gasteiger partial charge in [0.05, 0.1) is 5.56 Å². The maximum Gasteiger partial charge on any atom is 0.416 e. The van der Waals surface area contributed by atoms with Crippen LogP contribution >= 0.6 is 11.8 Å². The third-order valence-corrected chi connectivity index (χ3v) is 4.52. The van der Waals surface area contributed by atoms with Crippen LogP contribution in [0.2, 0.25) is 0 Å². The van der Waals surface area contributed by atoms with Crippen LogP contribution < -0.4 is 10.6 Å². The minimum Gasteiger partial charge on any atom is -0.338 e. The van der Waals surface area contributed by atoms with Crippen LogP contribution in [-0.2, 0) is 19.1 Å². The number of hydrogen-bond acceptors (Lipinski definition) is 4. The van der Waals surface area contributed by atoms with Gasteiger partial charge in [-0.3, -0.25) is 0 Å². The van der Waals surface area contributed by atoms with Crippen molar-refractivity contribution in [2.24, 2.45) is 5.92 Å². The molecule has 2 rings (SSSR count). The van der Waals surface area contributed by atoms with Gasteiger partial charge in [-0.25, -0.2) is 4.79 Å². The maximum absolute atomic E-state index is 12.5. The number of urea groups is 1. The number of amides is 2. The molecule has 1 heterocycles. The van der Waals surface area contributed by atoms with E-state index in [1.54, 1.807) is 11.8 Å². The monoisotopic (exact) mass is 415 g/mol. The Morgan fingerprint density at radius 3 is 2.46 bits per heavy atom. The van der Waals surface area contributed by atoms with Gasteiger partial charge in [-0.05, 0) is 42.9 Å². The van der Waals surface area contributed by atoms with Gasteiger partial charge in [0.15, 0.2) is 5.16 Å². The molecule has 0 bridgehead atoms. The number of nitrogens with one attached hydrogen (secondary N) is 2. The fraction of sp³-hybridized carbons (Fsp3) is 0.500. The Hall–Kier alpha value is -2.23. The van der Waals surface area contributed by atoms with Crippen LogP contribution in [0.5, 0.6) is 0 Å². The van der Waals surface area contributed by atoms with E-state index < -0.39 is 17.8 Å². The number of carbonyl (C=O) groups is 1. The number of benzene rings is 1. The maximum atomic E-state index is 12.5. The highest BCUT2D eigenvalue weighted by Crippen LogP contribution is 2.29. The fourth-order valence-electron chi connectivity index (χ4n) is 2.57. The lowest BCUT2D eigenvalue weighted by Crippen LogP contribution is -2.30. The predicted molar refractivity (Wildman–Crippen MR) is 103 cm³/mol. The number of rotatable bonds is 8. The van der Waals surface area contributed by atoms with E-state index in [1.807, 2.05) is 6.26 Å². The zero-order chi connectivity index (χ0) is 20.7. The van der Waals surface area contributed by atoms with Crippen molar-refractivity contribution in [3.8, 4) is 0 Å². The van der Waals surface area contributed by atoms with E-state index in [0.717, 1.165) is 29.7 Å². The number of aromatic nitrogens is 3. The summed E-state index contributed by atoms with van der Waals surface area (Å²) in [4.78, 5) is 11.9. The molecule has 1 aromatic heterocycles. The van der Waals surface area contributed by atoms with Crippen LogP contribution in [0, 0.1) is 5.92 Å². The second-order valence-corrected chi connectivity index (χ2v) is 7.44. The predicted octanol–water partition coefficient (Wildman–Crippen LogP) is 4.43. The smallest absolute Gasteiger partial charge is 0.338 e. The van der Waals surface area contributed by atoms with E-state index in [2.05, 4.69) is 39.2 Å². The Morgan fingerprint density at radius 2 is 1.89 bits per heavy atom. The molecule has 0 saturated carbocycles. The highest BCUT2D eigenvalue weighted by atomic mass is 32.2. The van der Waals surface area contributed by atoms with Crippen LogP contribution in [0.1, 0.15) is 31.7 Å². The van der Waals surface area contributed by atoms with Crippen molar-refractivity contribution in [2.75, 3.05) is 18.1 Å². The number of alkyl halides is 3. The number of halogens is 3. The van der Waals surface area contributed by atoms with Crippen molar-refractivity contribution in [3.05, 3.63) is 35.7 Å². The first kappa shape index (κ1) is 22.1. The van der Waals surface area contributed by atoms with Gasteiger partial charge in [0.2, 0.25) is 0 Å². The molecule has 2 N–H and O–H groups in total. The zero-order valence-corrected chi connectivity index (χ0v) is 16.8. The topological polar surface area (TPSA) is 71.8 Å². The fourth-order valence-corrected chi connectivity index (χ4v) is 3.09. The summed E-state index contributed by atoms with van der Waals surface area (Å²) in [5.41, 5.74) is -0.458. The first-order chi connectivity index (χ1) is 13.2. The summed E-state index contributed by atoms with van der Waals surface area (Å²) in [5, 5.41) is 14.5. The lowest BCUT2D eigenvalue weighted by molar-refractivity contribution is -0.137. The Balaban J connectivity index is 1.79. The summed E-state index contributed by atoms with van der Waals surface area (Å²) >= 11 is 1.55. The Bertz CT molecular complexity index is 775. The average molecular weight is 415 g/mol. The van der Waals surface area contributed by atoms with Gasteiger partial charge >= 0.3 is 12.2 Å². The Morgan fingerprint density at radius 1 is 1.21 bits per heavy atom. The molecule has 0 aliphatic carbocycles. The number of anilines is 1. The third kappa shape index (κ3) is 6.43. The van der Waals surface area contributed by atoms with Crippen molar-refractivity contribution < 1.29 is 18.0 Å². The molecular formula is C18H24F3N5OS. The minimum absolute atomic E-state index is 0.298. The molecule has 0 radical (unpaired) electrons. The van der Waals surface area contributed by atoms with E-state index in [9.17, 15) is 18.0 Å². The Kier molecular flexibility index (Phi) is 7.73. The average Bonchev–Trinajstić information content (AvgIpc) is 2.99. The second-order valence-electron chi connectivity index (χ2n) is 6.67. The SMILES string of the molecule is CSc1nnc(CCCNC(=O)Nc2ccc(C(F)(F)F)cc2)n1CC(C)C. The summed E-state index contributed by atoms with van der Waals surface area (Å²) in [6, 6.07) is 3.84. The minimum atomic E-state index is -4.40. The molecule has 2 aromatic rings. The molecule has 154 valence electrons. The van der Waals surface area contributed by atoms with Crippen molar-refractivity contribution in [1.82, 2.24) is 20.1 Å². The first-order valence-corrected chi connectivity index (χ1v) is 10.1. The van der Waals surface area contributed by atoms with Gasteiger partial charge in [0.25, 0.3) is 0 Å². The molecule has 0 atom stereocenters. The van der Waals surface area contributed by atoms with E-state index in [1.165, 1.54) is 12.1 Å². The lowest BCUT2D eigenvalue weighted by atomic mass is 10.2. The summed E-state index contributed by atoms with van der Waals surface area (Å²) in [6.45, 7) is 5.50. The zero-order valence-electron chi connectivity index (χ0n) is 16.0. The summed E-state index contributed by atoms with van der Waals surface area (Å²) in [7, 11) is 0. The standard InChI is InChI=1S/C18H24F3N5OS/c1-12(2)11-26-15(24-25-17(26)28-3)5-4-10-22-16(27)23-14-8-6-13(7-9-14)18(19,20)21/h6-9,12H,4-5,10-11H2,1-3H3,(H2,22,23,27). The van der Waals surface area contributed by atoms with Crippen LogP contribution in [-0.4, -0.2) is 33.6 Å².